The number of hydrogen-bond acceptors (Lipinski definition) is 2. The third-order valence-corrected chi connectivity index (χ3v) is 4.43. The molecule has 0 bridgehead atoms. The number of aromatic nitrogens is 1. The maximum absolute atomic E-state index is 11.1. The van der Waals surface area contributed by atoms with Crippen LogP contribution in [0.3, 0.4) is 0 Å². The zero-order valence-electron chi connectivity index (χ0n) is 12.2. The fourth-order valence-corrected chi connectivity index (χ4v) is 3.40. The molecular weight excluding hydrogens is 252 g/mol. The molecule has 0 radical (unpaired) electrons. The molecule has 0 aromatic carbocycles. The minimum atomic E-state index is 0.196. The summed E-state index contributed by atoms with van der Waals surface area (Å²) in [5.74, 6) is 0.871. The molecule has 4 heteroatoms. The number of pyridine rings is 1. The predicted octanol–water partition coefficient (Wildman–Crippen LogP) is 2.72. The summed E-state index contributed by atoms with van der Waals surface area (Å²) in [5.41, 5.74) is 5.10. The lowest BCUT2D eigenvalue weighted by molar-refractivity contribution is -0.119. The second-order valence-corrected chi connectivity index (χ2v) is 5.49. The summed E-state index contributed by atoms with van der Waals surface area (Å²) >= 11 is 0. The highest BCUT2D eigenvalue weighted by molar-refractivity contribution is 5.65. The Balaban J connectivity index is 2.23. The van der Waals surface area contributed by atoms with Gasteiger partial charge in [0.1, 0.15) is 5.75 Å². The van der Waals surface area contributed by atoms with Crippen molar-refractivity contribution in [2.24, 2.45) is 0 Å². The number of carbonyl (C=O) groups excluding carboxylic acids is 1. The molecule has 0 saturated carbocycles. The van der Waals surface area contributed by atoms with Crippen LogP contribution in [0.2, 0.25) is 0 Å². The molecule has 1 atom stereocenters. The lowest BCUT2D eigenvalue weighted by Gasteiger charge is -2.29. The summed E-state index contributed by atoms with van der Waals surface area (Å²) in [6, 6.07) is 4.26. The molecule has 1 amide bonds. The summed E-state index contributed by atoms with van der Waals surface area (Å²) in [6.45, 7) is 2.14. The van der Waals surface area contributed by atoms with Crippen LogP contribution in [0.1, 0.15) is 35.7 Å². The van der Waals surface area contributed by atoms with Crippen LogP contribution in [-0.4, -0.2) is 29.9 Å². The molecule has 2 aromatic heterocycles. The standard InChI is InChI=1S/C16H20N2O2/c1-11-15-9-12(20-3)7-8-18(15)14-6-4-5-13(16(11)14)17(2)10-19/h7-10,13H,4-6H2,1-3H3. The Morgan fingerprint density at radius 1 is 1.50 bits per heavy atom. The largest absolute Gasteiger partial charge is 0.497 e. The van der Waals surface area contributed by atoms with E-state index in [0.717, 1.165) is 31.4 Å². The van der Waals surface area contributed by atoms with Crippen molar-refractivity contribution in [2.45, 2.75) is 32.2 Å². The molecule has 20 heavy (non-hydrogen) atoms. The van der Waals surface area contributed by atoms with Crippen molar-refractivity contribution in [3.05, 3.63) is 35.2 Å². The Hall–Kier alpha value is -1.97. The van der Waals surface area contributed by atoms with Gasteiger partial charge in [-0.25, -0.2) is 0 Å². The van der Waals surface area contributed by atoms with Crippen LogP contribution in [0.15, 0.2) is 18.3 Å². The number of ether oxygens (including phenoxy) is 1. The minimum Gasteiger partial charge on any atom is -0.497 e. The number of aryl methyl sites for hydroxylation is 2. The molecular formula is C16H20N2O2. The van der Waals surface area contributed by atoms with E-state index in [-0.39, 0.29) is 6.04 Å². The molecule has 2 heterocycles. The number of carbonyl (C=O) groups is 1. The van der Waals surface area contributed by atoms with Gasteiger partial charge in [-0.3, -0.25) is 4.79 Å². The molecule has 0 saturated heterocycles. The highest BCUT2D eigenvalue weighted by Gasteiger charge is 2.28. The van der Waals surface area contributed by atoms with Gasteiger partial charge < -0.3 is 14.0 Å². The van der Waals surface area contributed by atoms with Crippen LogP contribution in [-0.2, 0) is 11.2 Å². The van der Waals surface area contributed by atoms with Gasteiger partial charge in [-0.2, -0.15) is 0 Å². The Morgan fingerprint density at radius 2 is 2.30 bits per heavy atom. The van der Waals surface area contributed by atoms with Crippen molar-refractivity contribution in [3.63, 3.8) is 0 Å². The van der Waals surface area contributed by atoms with Crippen molar-refractivity contribution in [1.82, 2.24) is 9.30 Å². The minimum absolute atomic E-state index is 0.196. The van der Waals surface area contributed by atoms with E-state index in [0.29, 0.717) is 0 Å². The lowest BCUT2D eigenvalue weighted by Crippen LogP contribution is -2.26. The van der Waals surface area contributed by atoms with Gasteiger partial charge in [-0.15, -0.1) is 0 Å². The zero-order valence-corrected chi connectivity index (χ0v) is 12.2. The van der Waals surface area contributed by atoms with Crippen molar-refractivity contribution in [2.75, 3.05) is 14.2 Å². The van der Waals surface area contributed by atoms with Gasteiger partial charge in [0.15, 0.2) is 0 Å². The number of nitrogens with zero attached hydrogens (tertiary/aromatic N) is 2. The van der Waals surface area contributed by atoms with Crippen molar-refractivity contribution >= 4 is 11.9 Å². The number of amides is 1. The molecule has 0 aliphatic heterocycles. The van der Waals surface area contributed by atoms with Crippen LogP contribution in [0.4, 0.5) is 0 Å². The van der Waals surface area contributed by atoms with E-state index in [4.69, 9.17) is 4.74 Å². The van der Waals surface area contributed by atoms with E-state index in [1.165, 1.54) is 22.3 Å². The number of rotatable bonds is 3. The van der Waals surface area contributed by atoms with Gasteiger partial charge in [0, 0.05) is 25.0 Å². The second-order valence-electron chi connectivity index (χ2n) is 5.49. The first-order valence-electron chi connectivity index (χ1n) is 7.02. The molecule has 1 aliphatic carbocycles. The van der Waals surface area contributed by atoms with E-state index < -0.39 is 0 Å². The summed E-state index contributed by atoms with van der Waals surface area (Å²) in [4.78, 5) is 12.9. The molecule has 0 N–H and O–H groups in total. The molecule has 3 rings (SSSR count). The lowest BCUT2D eigenvalue weighted by atomic mass is 9.89. The number of hydrogen-bond donors (Lipinski definition) is 0. The van der Waals surface area contributed by atoms with Gasteiger partial charge in [0.2, 0.25) is 6.41 Å². The first kappa shape index (κ1) is 13.0. The fourth-order valence-electron chi connectivity index (χ4n) is 3.40. The zero-order chi connectivity index (χ0) is 14.3. The van der Waals surface area contributed by atoms with Crippen molar-refractivity contribution in [1.29, 1.82) is 0 Å². The molecule has 1 aliphatic rings. The van der Waals surface area contributed by atoms with E-state index in [1.807, 2.05) is 13.1 Å². The van der Waals surface area contributed by atoms with E-state index in [2.05, 4.69) is 23.6 Å². The van der Waals surface area contributed by atoms with Gasteiger partial charge in [-0.05, 0) is 43.4 Å². The maximum atomic E-state index is 11.1. The smallest absolute Gasteiger partial charge is 0.209 e. The first-order valence-corrected chi connectivity index (χ1v) is 7.02. The monoisotopic (exact) mass is 272 g/mol. The van der Waals surface area contributed by atoms with E-state index in [1.54, 1.807) is 12.0 Å². The number of fused-ring (bicyclic) bond motifs is 3. The predicted molar refractivity (Wildman–Crippen MR) is 78.2 cm³/mol. The highest BCUT2D eigenvalue weighted by Crippen LogP contribution is 2.39. The van der Waals surface area contributed by atoms with Crippen LogP contribution in [0, 0.1) is 6.92 Å². The van der Waals surface area contributed by atoms with E-state index >= 15 is 0 Å². The van der Waals surface area contributed by atoms with Crippen LogP contribution >= 0.6 is 0 Å². The first-order chi connectivity index (χ1) is 9.67. The third-order valence-electron chi connectivity index (χ3n) is 4.43. The molecule has 0 spiro atoms. The Kier molecular flexibility index (Phi) is 3.16. The number of methoxy groups -OCH3 is 1. The van der Waals surface area contributed by atoms with Gasteiger partial charge in [0.05, 0.1) is 18.7 Å². The van der Waals surface area contributed by atoms with Gasteiger partial charge in [0.25, 0.3) is 0 Å². The summed E-state index contributed by atoms with van der Waals surface area (Å²) in [6.07, 6.45) is 6.23. The average molecular weight is 272 g/mol. The van der Waals surface area contributed by atoms with Gasteiger partial charge in [-0.1, -0.05) is 0 Å². The summed E-state index contributed by atoms with van der Waals surface area (Å²) in [5, 5.41) is 0. The van der Waals surface area contributed by atoms with Crippen LogP contribution in [0.5, 0.6) is 5.75 Å². The third kappa shape index (κ3) is 1.79. The molecule has 2 aromatic rings. The molecule has 1 unspecified atom stereocenters. The van der Waals surface area contributed by atoms with Crippen molar-refractivity contribution < 1.29 is 9.53 Å². The van der Waals surface area contributed by atoms with E-state index in [9.17, 15) is 4.79 Å². The average Bonchev–Trinajstić information content (AvgIpc) is 2.79. The summed E-state index contributed by atoms with van der Waals surface area (Å²) < 4.78 is 7.57. The molecule has 4 nitrogen and oxygen atoms in total. The van der Waals surface area contributed by atoms with Crippen LogP contribution < -0.4 is 4.74 Å². The normalized spacial score (nSPS) is 17.9. The van der Waals surface area contributed by atoms with Gasteiger partial charge >= 0.3 is 0 Å². The maximum Gasteiger partial charge on any atom is 0.209 e. The molecule has 0 fully saturated rings. The second kappa shape index (κ2) is 4.85. The quantitative estimate of drug-likeness (QED) is 0.805. The fraction of sp³-hybridized carbons (Fsp3) is 0.438. The Morgan fingerprint density at radius 3 is 3.00 bits per heavy atom. The van der Waals surface area contributed by atoms with Crippen LogP contribution in [0.25, 0.3) is 5.52 Å². The highest BCUT2D eigenvalue weighted by atomic mass is 16.5. The molecule has 106 valence electrons. The topological polar surface area (TPSA) is 34.0 Å². The SMILES string of the molecule is COc1ccn2c3c(c(C)c2c1)C(N(C)C=O)CCC3. The van der Waals surface area contributed by atoms with Crippen molar-refractivity contribution in [3.8, 4) is 5.75 Å². The Bertz CT molecular complexity index is 660. The Labute approximate surface area is 118 Å². The summed E-state index contributed by atoms with van der Waals surface area (Å²) in [7, 11) is 3.56.